The highest BCUT2D eigenvalue weighted by Crippen LogP contribution is 2.41. The molecule has 3 rings (SSSR count). The van der Waals surface area contributed by atoms with Gasteiger partial charge in [0.2, 0.25) is 0 Å². The van der Waals surface area contributed by atoms with Gasteiger partial charge in [-0.3, -0.25) is 0 Å². The van der Waals surface area contributed by atoms with E-state index in [9.17, 15) is 14.4 Å². The maximum absolute atomic E-state index is 14.7. The molecule has 1 amide bonds. The topological polar surface area (TPSA) is 66.2 Å². The number of aromatic nitrogens is 1. The molecule has 0 atom stereocenters. The molecule has 5 nitrogen and oxygen atoms in total. The largest absolute Gasteiger partial charge is 0.444 e. The Morgan fingerprint density at radius 2 is 2.00 bits per heavy atom. The number of carbonyl (C=O) groups is 1. The number of pyridine rings is 1. The molecule has 0 saturated carbocycles. The van der Waals surface area contributed by atoms with Gasteiger partial charge in [0.15, 0.2) is 5.82 Å². The fraction of sp³-hybridized carbons (Fsp3) is 0.450. The lowest BCUT2D eigenvalue weighted by Crippen LogP contribution is -2.41. The maximum atomic E-state index is 14.7. The molecule has 0 N–H and O–H groups in total. The van der Waals surface area contributed by atoms with Crippen molar-refractivity contribution in [1.82, 2.24) is 9.88 Å². The number of nitrogens with zero attached hydrogens (tertiary/aromatic N) is 3. The van der Waals surface area contributed by atoms with Gasteiger partial charge in [-0.2, -0.15) is 5.26 Å². The second-order valence-electron chi connectivity index (χ2n) is 7.93. The number of halogens is 4. The highest BCUT2D eigenvalue weighted by Gasteiger charge is 2.31. The van der Waals surface area contributed by atoms with Crippen molar-refractivity contribution >= 4 is 56.1 Å². The number of fused-ring (bicyclic) bond motifs is 1. The van der Waals surface area contributed by atoms with E-state index in [2.05, 4.69) is 27.0 Å². The Bertz CT molecular complexity index is 1030. The minimum Gasteiger partial charge on any atom is -0.444 e. The third-order valence-corrected chi connectivity index (χ3v) is 6.35. The van der Waals surface area contributed by atoms with Crippen LogP contribution in [0.1, 0.15) is 50.7 Å². The summed E-state index contributed by atoms with van der Waals surface area (Å²) >= 11 is 15.5. The molecule has 1 aliphatic heterocycles. The summed E-state index contributed by atoms with van der Waals surface area (Å²) < 4.78 is 20.3. The predicted octanol–water partition coefficient (Wildman–Crippen LogP) is 6.43. The van der Waals surface area contributed by atoms with Gasteiger partial charge in [0.1, 0.15) is 22.3 Å². The summed E-state index contributed by atoms with van der Waals surface area (Å²) in [6, 6.07) is 3.70. The van der Waals surface area contributed by atoms with E-state index in [0.29, 0.717) is 36.9 Å². The number of ether oxygens (including phenoxy) is 1. The van der Waals surface area contributed by atoms with Gasteiger partial charge in [-0.25, -0.2) is 14.2 Å². The van der Waals surface area contributed by atoms with Gasteiger partial charge in [-0.05, 0) is 67.1 Å². The van der Waals surface area contributed by atoms with Crippen molar-refractivity contribution in [1.29, 1.82) is 5.26 Å². The first-order chi connectivity index (χ1) is 13.5. The van der Waals surface area contributed by atoms with E-state index in [4.69, 9.17) is 27.9 Å². The fourth-order valence-corrected chi connectivity index (χ4v) is 4.23. The monoisotopic (exact) mass is 501 g/mol. The molecule has 154 valence electrons. The summed E-state index contributed by atoms with van der Waals surface area (Å²) in [6.45, 7) is 6.37. The van der Waals surface area contributed by atoms with E-state index in [1.807, 2.05) is 20.8 Å². The molecule has 1 aromatic heterocycles. The Hall–Kier alpha value is -1.62. The van der Waals surface area contributed by atoms with Crippen molar-refractivity contribution in [2.75, 3.05) is 13.1 Å². The lowest BCUT2D eigenvalue weighted by molar-refractivity contribution is 0.0205. The summed E-state index contributed by atoms with van der Waals surface area (Å²) in [5.41, 5.74) is 0.334. The first-order valence-corrected chi connectivity index (χ1v) is 10.6. The highest BCUT2D eigenvalue weighted by molar-refractivity contribution is 9.10. The van der Waals surface area contributed by atoms with Gasteiger partial charge in [-0.15, -0.1) is 0 Å². The standard InChI is InChI=1S/C20H19BrCl2FN3O2/c1-20(2,3)29-19(28)27-6-4-10(5-7-27)14-11-8-13(22)15(21)16(24)17(11)26-18(23)12(14)9-25/h8,10H,4-7H2,1-3H3. The molecular weight excluding hydrogens is 484 g/mol. The van der Waals surface area contributed by atoms with Crippen molar-refractivity contribution in [3.05, 3.63) is 37.7 Å². The molecule has 1 fully saturated rings. The van der Waals surface area contributed by atoms with Gasteiger partial charge in [-0.1, -0.05) is 23.2 Å². The number of carbonyl (C=O) groups excluding carboxylic acids is 1. The van der Waals surface area contributed by atoms with Crippen molar-refractivity contribution in [3.8, 4) is 6.07 Å². The van der Waals surface area contributed by atoms with Crippen LogP contribution in [0.5, 0.6) is 0 Å². The molecule has 2 aromatic rings. The Balaban J connectivity index is 1.98. The molecule has 0 radical (unpaired) electrons. The van der Waals surface area contributed by atoms with Crippen LogP contribution in [-0.2, 0) is 4.74 Å². The highest BCUT2D eigenvalue weighted by atomic mass is 79.9. The van der Waals surface area contributed by atoms with Gasteiger partial charge in [0.25, 0.3) is 0 Å². The third-order valence-electron chi connectivity index (χ3n) is 4.78. The minimum atomic E-state index is -0.619. The second-order valence-corrected chi connectivity index (χ2v) is 9.49. The molecule has 0 spiro atoms. The van der Waals surface area contributed by atoms with E-state index in [-0.39, 0.29) is 37.7 Å². The summed E-state index contributed by atoms with van der Waals surface area (Å²) in [4.78, 5) is 18.0. The molecule has 1 aliphatic rings. The number of likely N-dealkylation sites (tertiary alicyclic amines) is 1. The van der Waals surface area contributed by atoms with Crippen LogP contribution in [0.25, 0.3) is 10.9 Å². The van der Waals surface area contributed by atoms with E-state index in [1.54, 1.807) is 11.0 Å². The van der Waals surface area contributed by atoms with Crippen LogP contribution in [0.4, 0.5) is 9.18 Å². The summed E-state index contributed by atoms with van der Waals surface area (Å²) in [5, 5.41) is 10.3. The summed E-state index contributed by atoms with van der Waals surface area (Å²) in [7, 11) is 0. The van der Waals surface area contributed by atoms with Crippen LogP contribution >= 0.6 is 39.1 Å². The smallest absolute Gasteiger partial charge is 0.410 e. The predicted molar refractivity (Wildman–Crippen MR) is 114 cm³/mol. The zero-order chi connectivity index (χ0) is 21.5. The molecule has 9 heteroatoms. The quantitative estimate of drug-likeness (QED) is 0.333. The number of rotatable bonds is 1. The first kappa shape index (κ1) is 22.1. The first-order valence-electron chi connectivity index (χ1n) is 9.08. The lowest BCUT2D eigenvalue weighted by Gasteiger charge is -2.34. The minimum absolute atomic E-state index is 0.0438. The molecule has 0 bridgehead atoms. The van der Waals surface area contributed by atoms with Crippen molar-refractivity contribution in [3.63, 3.8) is 0 Å². The number of hydrogen-bond acceptors (Lipinski definition) is 4. The van der Waals surface area contributed by atoms with Crippen molar-refractivity contribution in [2.45, 2.75) is 45.1 Å². The van der Waals surface area contributed by atoms with Gasteiger partial charge >= 0.3 is 6.09 Å². The number of amides is 1. The fourth-order valence-electron chi connectivity index (χ4n) is 3.51. The normalized spacial score (nSPS) is 15.4. The molecule has 1 saturated heterocycles. The Morgan fingerprint density at radius 1 is 1.38 bits per heavy atom. The van der Waals surface area contributed by atoms with Crippen LogP contribution < -0.4 is 0 Å². The van der Waals surface area contributed by atoms with Crippen LogP contribution in [0.2, 0.25) is 10.2 Å². The van der Waals surface area contributed by atoms with Crippen LogP contribution in [0.3, 0.4) is 0 Å². The van der Waals surface area contributed by atoms with Gasteiger partial charge in [0.05, 0.1) is 15.1 Å². The van der Waals surface area contributed by atoms with Crippen molar-refractivity contribution in [2.24, 2.45) is 0 Å². The van der Waals surface area contributed by atoms with E-state index in [1.165, 1.54) is 0 Å². The van der Waals surface area contributed by atoms with Gasteiger partial charge < -0.3 is 9.64 Å². The van der Waals surface area contributed by atoms with Crippen molar-refractivity contribution < 1.29 is 13.9 Å². The number of piperidine rings is 1. The lowest BCUT2D eigenvalue weighted by atomic mass is 9.85. The number of benzene rings is 1. The zero-order valence-electron chi connectivity index (χ0n) is 16.2. The molecule has 0 aliphatic carbocycles. The van der Waals surface area contributed by atoms with E-state index >= 15 is 0 Å². The summed E-state index contributed by atoms with van der Waals surface area (Å²) in [5.74, 6) is -0.714. The molecule has 2 heterocycles. The number of nitriles is 1. The van der Waals surface area contributed by atoms with Gasteiger partial charge in [0, 0.05) is 18.5 Å². The summed E-state index contributed by atoms with van der Waals surface area (Å²) in [6.07, 6.45) is 0.796. The number of hydrogen-bond donors (Lipinski definition) is 0. The SMILES string of the molecule is CC(C)(C)OC(=O)N1CCC(c2c(C#N)c(Cl)nc3c(F)c(Br)c(Cl)cc23)CC1. The van der Waals surface area contributed by atoms with Crippen LogP contribution in [-0.4, -0.2) is 34.7 Å². The van der Waals surface area contributed by atoms with E-state index in [0.717, 1.165) is 0 Å². The average Bonchev–Trinajstić information content (AvgIpc) is 2.65. The molecule has 0 unspecified atom stereocenters. The van der Waals surface area contributed by atoms with E-state index < -0.39 is 11.4 Å². The Labute approximate surface area is 186 Å². The van der Waals surface area contributed by atoms with Crippen LogP contribution in [0.15, 0.2) is 10.5 Å². The maximum Gasteiger partial charge on any atom is 0.410 e. The van der Waals surface area contributed by atoms with Crippen LogP contribution in [0, 0.1) is 17.1 Å². The Kier molecular flexibility index (Phi) is 6.28. The molecule has 1 aromatic carbocycles. The molecule has 29 heavy (non-hydrogen) atoms. The Morgan fingerprint density at radius 3 is 2.55 bits per heavy atom. The zero-order valence-corrected chi connectivity index (χ0v) is 19.3. The molecular formula is C20H19BrCl2FN3O2. The second kappa shape index (κ2) is 8.25. The average molecular weight is 503 g/mol. The third kappa shape index (κ3) is 4.45.